The van der Waals surface area contributed by atoms with Crippen molar-refractivity contribution in [3.63, 3.8) is 0 Å². The molecule has 0 spiro atoms. The molecule has 0 bridgehead atoms. The Morgan fingerprint density at radius 3 is 3.06 bits per heavy atom. The van der Waals surface area contributed by atoms with E-state index in [2.05, 4.69) is 39.6 Å². The SMILES string of the molecule is CNCCCc1cccc(-c2cnc[nH]2)c1. The summed E-state index contributed by atoms with van der Waals surface area (Å²) in [6.45, 7) is 1.06. The van der Waals surface area contributed by atoms with E-state index < -0.39 is 0 Å². The molecule has 3 heteroatoms. The Labute approximate surface area is 95.9 Å². The van der Waals surface area contributed by atoms with Crippen LogP contribution in [0.3, 0.4) is 0 Å². The van der Waals surface area contributed by atoms with E-state index in [1.165, 1.54) is 17.5 Å². The Morgan fingerprint density at radius 2 is 2.31 bits per heavy atom. The molecule has 1 aromatic heterocycles. The summed E-state index contributed by atoms with van der Waals surface area (Å²) in [5.41, 5.74) is 3.66. The highest BCUT2D eigenvalue weighted by atomic mass is 14.9. The zero-order chi connectivity index (χ0) is 11.2. The second kappa shape index (κ2) is 5.47. The third-order valence-corrected chi connectivity index (χ3v) is 2.63. The van der Waals surface area contributed by atoms with Crippen molar-refractivity contribution in [1.29, 1.82) is 0 Å². The number of aromatic nitrogens is 2. The summed E-state index contributed by atoms with van der Waals surface area (Å²) in [5.74, 6) is 0. The van der Waals surface area contributed by atoms with Crippen LogP contribution in [0.15, 0.2) is 36.8 Å². The van der Waals surface area contributed by atoms with Crippen molar-refractivity contribution >= 4 is 0 Å². The summed E-state index contributed by atoms with van der Waals surface area (Å²) < 4.78 is 0. The average Bonchev–Trinajstić information content (AvgIpc) is 2.83. The number of rotatable bonds is 5. The third kappa shape index (κ3) is 2.70. The molecule has 1 aromatic carbocycles. The highest BCUT2D eigenvalue weighted by molar-refractivity contribution is 5.58. The van der Waals surface area contributed by atoms with Gasteiger partial charge in [-0.15, -0.1) is 0 Å². The number of hydrogen-bond donors (Lipinski definition) is 2. The van der Waals surface area contributed by atoms with E-state index in [4.69, 9.17) is 0 Å². The average molecular weight is 215 g/mol. The van der Waals surface area contributed by atoms with Crippen molar-refractivity contribution in [1.82, 2.24) is 15.3 Å². The quantitative estimate of drug-likeness (QED) is 0.751. The van der Waals surface area contributed by atoms with Crippen LogP contribution in [0.2, 0.25) is 0 Å². The van der Waals surface area contributed by atoms with Crippen molar-refractivity contribution in [2.75, 3.05) is 13.6 Å². The minimum atomic E-state index is 1.06. The van der Waals surface area contributed by atoms with E-state index >= 15 is 0 Å². The summed E-state index contributed by atoms with van der Waals surface area (Å²) in [4.78, 5) is 7.16. The summed E-state index contributed by atoms with van der Waals surface area (Å²) in [5, 5.41) is 3.16. The zero-order valence-corrected chi connectivity index (χ0v) is 9.53. The zero-order valence-electron chi connectivity index (χ0n) is 9.53. The lowest BCUT2D eigenvalue weighted by atomic mass is 10.1. The molecule has 0 saturated carbocycles. The normalized spacial score (nSPS) is 10.6. The first-order valence-electron chi connectivity index (χ1n) is 5.62. The topological polar surface area (TPSA) is 40.7 Å². The van der Waals surface area contributed by atoms with E-state index in [-0.39, 0.29) is 0 Å². The number of aromatic amines is 1. The maximum absolute atomic E-state index is 4.04. The van der Waals surface area contributed by atoms with Gasteiger partial charge in [0.2, 0.25) is 0 Å². The number of benzene rings is 1. The van der Waals surface area contributed by atoms with E-state index in [1.54, 1.807) is 6.33 Å². The van der Waals surface area contributed by atoms with E-state index in [0.717, 1.165) is 18.7 Å². The Hall–Kier alpha value is -1.61. The van der Waals surface area contributed by atoms with Crippen LogP contribution in [-0.2, 0) is 6.42 Å². The molecule has 84 valence electrons. The highest BCUT2D eigenvalue weighted by Crippen LogP contribution is 2.17. The van der Waals surface area contributed by atoms with Crippen molar-refractivity contribution in [3.05, 3.63) is 42.4 Å². The number of nitrogens with one attached hydrogen (secondary N) is 2. The summed E-state index contributed by atoms with van der Waals surface area (Å²) in [6.07, 6.45) is 5.85. The molecule has 16 heavy (non-hydrogen) atoms. The predicted octanol–water partition coefficient (Wildman–Crippen LogP) is 2.23. The third-order valence-electron chi connectivity index (χ3n) is 2.63. The van der Waals surface area contributed by atoms with Gasteiger partial charge in [0.15, 0.2) is 0 Å². The molecule has 0 unspecified atom stereocenters. The first kappa shape index (κ1) is 10.9. The van der Waals surface area contributed by atoms with Gasteiger partial charge in [-0.25, -0.2) is 4.98 Å². The van der Waals surface area contributed by atoms with Gasteiger partial charge in [-0.3, -0.25) is 0 Å². The molecule has 2 aromatic rings. The number of hydrogen-bond acceptors (Lipinski definition) is 2. The van der Waals surface area contributed by atoms with Gasteiger partial charge in [-0.05, 0) is 43.6 Å². The van der Waals surface area contributed by atoms with Crippen LogP contribution in [0.1, 0.15) is 12.0 Å². The molecule has 1 heterocycles. The van der Waals surface area contributed by atoms with Gasteiger partial charge in [-0.1, -0.05) is 18.2 Å². The standard InChI is InChI=1S/C13H17N3/c1-14-7-3-5-11-4-2-6-12(8-11)13-9-15-10-16-13/h2,4,6,8-10,14H,3,5,7H2,1H3,(H,15,16). The van der Waals surface area contributed by atoms with Crippen LogP contribution < -0.4 is 5.32 Å². The van der Waals surface area contributed by atoms with Crippen LogP contribution in [0.25, 0.3) is 11.3 Å². The number of aryl methyl sites for hydroxylation is 1. The second-order valence-corrected chi connectivity index (χ2v) is 3.87. The molecule has 0 atom stereocenters. The Morgan fingerprint density at radius 1 is 1.38 bits per heavy atom. The summed E-state index contributed by atoms with van der Waals surface area (Å²) in [7, 11) is 1.99. The van der Waals surface area contributed by atoms with Gasteiger partial charge in [0, 0.05) is 0 Å². The first-order chi connectivity index (χ1) is 7.90. The Kier molecular flexibility index (Phi) is 3.72. The fourth-order valence-electron chi connectivity index (χ4n) is 1.78. The Balaban J connectivity index is 2.08. The van der Waals surface area contributed by atoms with Gasteiger partial charge in [-0.2, -0.15) is 0 Å². The van der Waals surface area contributed by atoms with Crippen LogP contribution >= 0.6 is 0 Å². The fourth-order valence-corrected chi connectivity index (χ4v) is 1.78. The predicted molar refractivity (Wildman–Crippen MR) is 66.3 cm³/mol. The lowest BCUT2D eigenvalue weighted by molar-refractivity contribution is 0.725. The van der Waals surface area contributed by atoms with Crippen LogP contribution in [-0.4, -0.2) is 23.6 Å². The maximum atomic E-state index is 4.04. The van der Waals surface area contributed by atoms with E-state index in [1.807, 2.05) is 13.2 Å². The van der Waals surface area contributed by atoms with Crippen molar-refractivity contribution in [3.8, 4) is 11.3 Å². The molecule has 0 amide bonds. The van der Waals surface area contributed by atoms with Crippen LogP contribution in [0, 0.1) is 0 Å². The lowest BCUT2D eigenvalue weighted by Gasteiger charge is -2.03. The molecule has 0 saturated heterocycles. The fraction of sp³-hybridized carbons (Fsp3) is 0.308. The first-order valence-corrected chi connectivity index (χ1v) is 5.62. The molecule has 0 aliphatic heterocycles. The molecule has 3 nitrogen and oxygen atoms in total. The number of imidazole rings is 1. The number of H-pyrrole nitrogens is 1. The van der Waals surface area contributed by atoms with Crippen molar-refractivity contribution in [2.24, 2.45) is 0 Å². The van der Waals surface area contributed by atoms with Gasteiger partial charge < -0.3 is 10.3 Å². The van der Waals surface area contributed by atoms with Gasteiger partial charge in [0.05, 0.1) is 18.2 Å². The number of nitrogens with zero attached hydrogens (tertiary/aromatic N) is 1. The maximum Gasteiger partial charge on any atom is 0.0924 e. The smallest absolute Gasteiger partial charge is 0.0924 e. The van der Waals surface area contributed by atoms with Crippen molar-refractivity contribution in [2.45, 2.75) is 12.8 Å². The minimum absolute atomic E-state index is 1.06. The molecule has 0 aliphatic rings. The molecular weight excluding hydrogens is 198 g/mol. The molecule has 2 rings (SSSR count). The minimum Gasteiger partial charge on any atom is -0.345 e. The monoisotopic (exact) mass is 215 g/mol. The molecule has 0 aliphatic carbocycles. The van der Waals surface area contributed by atoms with Gasteiger partial charge in [0.25, 0.3) is 0 Å². The van der Waals surface area contributed by atoms with Crippen LogP contribution in [0.5, 0.6) is 0 Å². The van der Waals surface area contributed by atoms with E-state index in [9.17, 15) is 0 Å². The largest absolute Gasteiger partial charge is 0.345 e. The highest BCUT2D eigenvalue weighted by Gasteiger charge is 1.99. The second-order valence-electron chi connectivity index (χ2n) is 3.87. The Bertz CT molecular complexity index is 421. The molecule has 2 N–H and O–H groups in total. The van der Waals surface area contributed by atoms with Gasteiger partial charge >= 0.3 is 0 Å². The van der Waals surface area contributed by atoms with Gasteiger partial charge in [0.1, 0.15) is 0 Å². The molecule has 0 fully saturated rings. The van der Waals surface area contributed by atoms with E-state index in [0.29, 0.717) is 0 Å². The van der Waals surface area contributed by atoms with Crippen LogP contribution in [0.4, 0.5) is 0 Å². The van der Waals surface area contributed by atoms with Crippen molar-refractivity contribution < 1.29 is 0 Å². The summed E-state index contributed by atoms with van der Waals surface area (Å²) in [6, 6.07) is 8.61. The lowest BCUT2D eigenvalue weighted by Crippen LogP contribution is -2.08. The molecule has 0 radical (unpaired) electrons. The molecular formula is C13H17N3. The summed E-state index contributed by atoms with van der Waals surface area (Å²) >= 11 is 0.